The maximum Gasteiger partial charge on any atom is 0.417 e. The van der Waals surface area contributed by atoms with E-state index in [2.05, 4.69) is 9.72 Å². The van der Waals surface area contributed by atoms with Crippen molar-refractivity contribution in [3.05, 3.63) is 36.0 Å². The molecular weight excluding hydrogens is 310 g/mol. The van der Waals surface area contributed by atoms with Crippen molar-refractivity contribution in [3.8, 4) is 0 Å². The Morgan fingerprint density at radius 1 is 1.25 bits per heavy atom. The van der Waals surface area contributed by atoms with E-state index in [0.29, 0.717) is 26.1 Å². The molecule has 7 nitrogen and oxygen atoms in total. The van der Waals surface area contributed by atoms with Gasteiger partial charge >= 0.3 is 6.09 Å². The van der Waals surface area contributed by atoms with Crippen LogP contribution >= 0.6 is 0 Å². The minimum absolute atomic E-state index is 0.0614. The molecule has 0 bridgehead atoms. The maximum atomic E-state index is 12.4. The van der Waals surface area contributed by atoms with E-state index in [1.54, 1.807) is 4.90 Å². The summed E-state index contributed by atoms with van der Waals surface area (Å²) in [6.07, 6.45) is 1.64. The number of hydrogen-bond acceptors (Lipinski definition) is 4. The molecule has 1 aromatic heterocycles. The number of hydrogen-bond donors (Lipinski definition) is 1. The van der Waals surface area contributed by atoms with Crippen molar-refractivity contribution in [2.24, 2.45) is 5.92 Å². The van der Waals surface area contributed by atoms with Crippen LogP contribution in [0.25, 0.3) is 10.9 Å². The molecule has 2 aliphatic rings. The van der Waals surface area contributed by atoms with Crippen LogP contribution in [-0.2, 0) is 20.7 Å². The first-order valence-electron chi connectivity index (χ1n) is 7.91. The minimum Gasteiger partial charge on any atom is -0.439 e. The molecule has 0 spiro atoms. The summed E-state index contributed by atoms with van der Waals surface area (Å²) in [4.78, 5) is 41.4. The highest BCUT2D eigenvalue weighted by atomic mass is 16.6. The molecule has 2 aromatic rings. The summed E-state index contributed by atoms with van der Waals surface area (Å²) < 4.78 is 4.69. The van der Waals surface area contributed by atoms with Crippen LogP contribution in [0, 0.1) is 5.92 Å². The standard InChI is InChI=1S/C17H17N3O4/c21-15(5-12-6-18-14-4-2-1-3-13(12)14)19-7-11(8-19)9-20-16(22)10-24-17(20)23/h1-4,6,11,18H,5,7-10H2. The predicted octanol–water partition coefficient (Wildman–Crippen LogP) is 1.15. The molecule has 0 unspecified atom stereocenters. The fraction of sp³-hybridized carbons (Fsp3) is 0.353. The van der Waals surface area contributed by atoms with E-state index in [9.17, 15) is 14.4 Å². The zero-order valence-corrected chi connectivity index (χ0v) is 13.0. The van der Waals surface area contributed by atoms with Crippen LogP contribution in [0.1, 0.15) is 5.56 Å². The lowest BCUT2D eigenvalue weighted by molar-refractivity contribution is -0.137. The van der Waals surface area contributed by atoms with Gasteiger partial charge in [-0.3, -0.25) is 9.59 Å². The Morgan fingerprint density at radius 3 is 2.79 bits per heavy atom. The van der Waals surface area contributed by atoms with Gasteiger partial charge in [0.15, 0.2) is 6.61 Å². The lowest BCUT2D eigenvalue weighted by atomic mass is 9.98. The van der Waals surface area contributed by atoms with Crippen molar-refractivity contribution in [2.45, 2.75) is 6.42 Å². The molecule has 1 N–H and O–H groups in total. The zero-order valence-electron chi connectivity index (χ0n) is 13.0. The van der Waals surface area contributed by atoms with Gasteiger partial charge in [0.05, 0.1) is 6.42 Å². The van der Waals surface area contributed by atoms with Crippen molar-refractivity contribution >= 4 is 28.8 Å². The number of carbonyl (C=O) groups excluding carboxylic acids is 3. The number of nitrogens with zero attached hydrogens (tertiary/aromatic N) is 2. The number of fused-ring (bicyclic) bond motifs is 1. The number of rotatable bonds is 4. The van der Waals surface area contributed by atoms with Gasteiger partial charge in [0.1, 0.15) is 0 Å². The summed E-state index contributed by atoms with van der Waals surface area (Å²) in [5.74, 6) is -0.110. The molecule has 24 heavy (non-hydrogen) atoms. The highest BCUT2D eigenvalue weighted by Crippen LogP contribution is 2.23. The monoisotopic (exact) mass is 327 g/mol. The number of aromatic nitrogens is 1. The Hall–Kier alpha value is -2.83. The summed E-state index contributed by atoms with van der Waals surface area (Å²) in [6, 6.07) is 7.89. The van der Waals surface area contributed by atoms with Gasteiger partial charge in [0.2, 0.25) is 5.91 Å². The molecular formula is C17H17N3O4. The smallest absolute Gasteiger partial charge is 0.417 e. The number of carbonyl (C=O) groups is 3. The van der Waals surface area contributed by atoms with Gasteiger partial charge in [-0.05, 0) is 11.6 Å². The molecule has 1 aromatic carbocycles. The van der Waals surface area contributed by atoms with Crippen molar-refractivity contribution < 1.29 is 19.1 Å². The number of aromatic amines is 1. The van der Waals surface area contributed by atoms with Gasteiger partial charge in [0, 0.05) is 42.7 Å². The largest absolute Gasteiger partial charge is 0.439 e. The number of para-hydroxylation sites is 1. The highest BCUT2D eigenvalue weighted by molar-refractivity contribution is 5.97. The van der Waals surface area contributed by atoms with E-state index in [-0.39, 0.29) is 24.3 Å². The number of H-pyrrole nitrogens is 1. The summed E-state index contributed by atoms with van der Waals surface area (Å²) >= 11 is 0. The van der Waals surface area contributed by atoms with E-state index in [0.717, 1.165) is 21.4 Å². The predicted molar refractivity (Wildman–Crippen MR) is 85.1 cm³/mol. The summed E-state index contributed by atoms with van der Waals surface area (Å²) in [7, 11) is 0. The molecule has 0 radical (unpaired) electrons. The quantitative estimate of drug-likeness (QED) is 0.913. The molecule has 0 aliphatic carbocycles. The molecule has 0 atom stereocenters. The fourth-order valence-electron chi connectivity index (χ4n) is 3.26. The van der Waals surface area contributed by atoms with Crippen LogP contribution in [-0.4, -0.2) is 58.9 Å². The lowest BCUT2D eigenvalue weighted by Crippen LogP contribution is -2.54. The van der Waals surface area contributed by atoms with Crippen LogP contribution in [0.4, 0.5) is 4.79 Å². The van der Waals surface area contributed by atoms with E-state index in [4.69, 9.17) is 0 Å². The molecule has 3 amide bonds. The first-order valence-corrected chi connectivity index (χ1v) is 7.91. The third-order valence-electron chi connectivity index (χ3n) is 4.61. The fourth-order valence-corrected chi connectivity index (χ4v) is 3.26. The molecule has 2 aliphatic heterocycles. The highest BCUT2D eigenvalue weighted by Gasteiger charge is 2.38. The Labute approximate surface area is 138 Å². The Kier molecular flexibility index (Phi) is 3.48. The molecule has 0 saturated carbocycles. The zero-order chi connectivity index (χ0) is 16.7. The SMILES string of the molecule is O=C(Cc1c[nH]c2ccccc12)N1CC(CN2C(=O)COC2=O)C1. The number of cyclic esters (lactones) is 1. The van der Waals surface area contributed by atoms with Gasteiger partial charge in [-0.15, -0.1) is 0 Å². The first kappa shape index (κ1) is 14.7. The van der Waals surface area contributed by atoms with Crippen LogP contribution in [0.2, 0.25) is 0 Å². The normalized spacial score (nSPS) is 18.2. The van der Waals surface area contributed by atoms with Gasteiger partial charge in [0.25, 0.3) is 5.91 Å². The summed E-state index contributed by atoms with van der Waals surface area (Å²) in [5.41, 5.74) is 2.00. The van der Waals surface area contributed by atoms with Crippen LogP contribution in [0.5, 0.6) is 0 Å². The maximum absolute atomic E-state index is 12.4. The van der Waals surface area contributed by atoms with Crippen molar-refractivity contribution in [3.63, 3.8) is 0 Å². The molecule has 2 saturated heterocycles. The van der Waals surface area contributed by atoms with E-state index >= 15 is 0 Å². The van der Waals surface area contributed by atoms with Gasteiger partial charge in [-0.2, -0.15) is 0 Å². The van der Waals surface area contributed by atoms with E-state index < -0.39 is 6.09 Å². The van der Waals surface area contributed by atoms with Crippen LogP contribution in [0.3, 0.4) is 0 Å². The molecule has 3 heterocycles. The van der Waals surface area contributed by atoms with Gasteiger partial charge < -0.3 is 14.6 Å². The van der Waals surface area contributed by atoms with Crippen molar-refractivity contribution in [1.29, 1.82) is 0 Å². The second kappa shape index (κ2) is 5.67. The second-order valence-corrected chi connectivity index (χ2v) is 6.26. The average Bonchev–Trinajstić information content (AvgIpc) is 3.08. The third kappa shape index (κ3) is 2.51. The Bertz CT molecular complexity index is 806. The number of nitrogens with one attached hydrogen (secondary N) is 1. The van der Waals surface area contributed by atoms with Crippen LogP contribution < -0.4 is 0 Å². The Balaban J connectivity index is 1.33. The Morgan fingerprint density at radius 2 is 2.04 bits per heavy atom. The number of likely N-dealkylation sites (tertiary alicyclic amines) is 1. The van der Waals surface area contributed by atoms with Gasteiger partial charge in [-0.1, -0.05) is 18.2 Å². The van der Waals surface area contributed by atoms with E-state index in [1.165, 1.54) is 0 Å². The molecule has 4 rings (SSSR count). The van der Waals surface area contributed by atoms with Gasteiger partial charge in [-0.25, -0.2) is 9.69 Å². The van der Waals surface area contributed by atoms with Crippen molar-refractivity contribution in [2.75, 3.05) is 26.2 Å². The molecule has 124 valence electrons. The molecule has 2 fully saturated rings. The first-order chi connectivity index (χ1) is 11.6. The lowest BCUT2D eigenvalue weighted by Gasteiger charge is -2.40. The number of amides is 3. The molecule has 7 heteroatoms. The summed E-state index contributed by atoms with van der Waals surface area (Å²) in [6.45, 7) is 1.29. The number of imide groups is 1. The minimum atomic E-state index is -0.580. The summed E-state index contributed by atoms with van der Waals surface area (Å²) in [5, 5.41) is 1.06. The average molecular weight is 327 g/mol. The number of ether oxygens (including phenoxy) is 1. The van der Waals surface area contributed by atoms with Crippen LogP contribution in [0.15, 0.2) is 30.5 Å². The third-order valence-corrected chi connectivity index (χ3v) is 4.61. The second-order valence-electron chi connectivity index (χ2n) is 6.26. The van der Waals surface area contributed by atoms with Crippen molar-refractivity contribution in [1.82, 2.24) is 14.8 Å². The van der Waals surface area contributed by atoms with E-state index in [1.807, 2.05) is 30.5 Å². The topological polar surface area (TPSA) is 82.7 Å². The number of benzene rings is 1.